The third-order valence-electron chi connectivity index (χ3n) is 3.08. The molecule has 0 fully saturated rings. The van der Waals surface area contributed by atoms with Crippen molar-refractivity contribution in [1.82, 2.24) is 4.98 Å². The summed E-state index contributed by atoms with van der Waals surface area (Å²) >= 11 is 0. The Morgan fingerprint density at radius 2 is 2.05 bits per heavy atom. The number of carbonyl (C=O) groups is 1. The van der Waals surface area contributed by atoms with Crippen molar-refractivity contribution >= 4 is 29.8 Å². The Balaban J connectivity index is 0.00000242. The number of nitrogens with zero attached hydrogens (tertiary/aromatic N) is 1. The van der Waals surface area contributed by atoms with Crippen molar-refractivity contribution in [3.63, 3.8) is 0 Å². The van der Waals surface area contributed by atoms with Gasteiger partial charge in [0.25, 0.3) is 5.91 Å². The van der Waals surface area contributed by atoms with Crippen LogP contribution < -0.4 is 15.8 Å². The van der Waals surface area contributed by atoms with Gasteiger partial charge in [0.1, 0.15) is 11.6 Å². The number of rotatable bonds is 5. The smallest absolute Gasteiger partial charge is 0.265 e. The molecule has 0 aliphatic carbocycles. The van der Waals surface area contributed by atoms with Gasteiger partial charge in [-0.1, -0.05) is 25.1 Å². The molecule has 1 atom stereocenters. The molecular weight excluding hydrogens is 302 g/mol. The number of aryl methyl sites for hydroxylation is 1. The number of para-hydroxylation sites is 1. The van der Waals surface area contributed by atoms with E-state index in [1.807, 2.05) is 38.1 Å². The third-order valence-corrected chi connectivity index (χ3v) is 3.08. The van der Waals surface area contributed by atoms with Crippen LogP contribution in [0.4, 0.5) is 11.5 Å². The summed E-state index contributed by atoms with van der Waals surface area (Å²) in [5.74, 6) is 0.929. The first-order chi connectivity index (χ1) is 10.1. The summed E-state index contributed by atoms with van der Waals surface area (Å²) < 4.78 is 5.80. The van der Waals surface area contributed by atoms with Gasteiger partial charge in [0.05, 0.1) is 11.9 Å². The van der Waals surface area contributed by atoms with E-state index in [0.717, 1.165) is 11.3 Å². The van der Waals surface area contributed by atoms with Crippen LogP contribution in [0.15, 0.2) is 42.6 Å². The SMILES string of the molecule is CCC(Oc1ccccc1C)C(=O)Nc1ccc(N)nc1.Cl. The van der Waals surface area contributed by atoms with Crippen LogP contribution in [0.2, 0.25) is 0 Å². The standard InChI is InChI=1S/C16H19N3O2.ClH/c1-3-13(21-14-7-5-4-6-11(14)2)16(20)19-12-8-9-15(17)18-10-12;/h4-10,13H,3H2,1-2H3,(H2,17,18)(H,19,20);1H. The van der Waals surface area contributed by atoms with Gasteiger partial charge in [0.2, 0.25) is 0 Å². The molecule has 0 radical (unpaired) electrons. The first kappa shape index (κ1) is 17.8. The van der Waals surface area contributed by atoms with Gasteiger partial charge >= 0.3 is 0 Å². The van der Waals surface area contributed by atoms with Gasteiger partial charge < -0.3 is 15.8 Å². The van der Waals surface area contributed by atoms with Crippen LogP contribution in [-0.2, 0) is 4.79 Å². The van der Waals surface area contributed by atoms with E-state index in [9.17, 15) is 4.79 Å². The van der Waals surface area contributed by atoms with E-state index in [-0.39, 0.29) is 18.3 Å². The molecule has 0 saturated carbocycles. The van der Waals surface area contributed by atoms with E-state index in [1.165, 1.54) is 6.20 Å². The molecule has 1 amide bonds. The Morgan fingerprint density at radius 3 is 2.64 bits per heavy atom. The number of halogens is 1. The number of carbonyl (C=O) groups excluding carboxylic acids is 1. The number of nitrogen functional groups attached to an aromatic ring is 1. The Morgan fingerprint density at radius 1 is 1.32 bits per heavy atom. The molecule has 0 aliphatic rings. The lowest BCUT2D eigenvalue weighted by Gasteiger charge is -2.18. The minimum atomic E-state index is -0.552. The fraction of sp³-hybridized carbons (Fsp3) is 0.250. The molecule has 22 heavy (non-hydrogen) atoms. The second-order valence-corrected chi connectivity index (χ2v) is 4.74. The van der Waals surface area contributed by atoms with Crippen molar-refractivity contribution in [1.29, 1.82) is 0 Å². The second kappa shape index (κ2) is 8.24. The normalized spacial score (nSPS) is 11.2. The molecule has 0 aliphatic heterocycles. The van der Waals surface area contributed by atoms with Crippen LogP contribution in [0.5, 0.6) is 5.75 Å². The lowest BCUT2D eigenvalue weighted by Crippen LogP contribution is -2.32. The van der Waals surface area contributed by atoms with Gasteiger partial charge in [-0.05, 0) is 37.1 Å². The maximum absolute atomic E-state index is 12.2. The molecule has 5 nitrogen and oxygen atoms in total. The van der Waals surface area contributed by atoms with Crippen LogP contribution >= 0.6 is 12.4 Å². The number of ether oxygens (including phenoxy) is 1. The van der Waals surface area contributed by atoms with Crippen LogP contribution in [0.3, 0.4) is 0 Å². The van der Waals surface area contributed by atoms with Crippen molar-refractivity contribution in [2.75, 3.05) is 11.1 Å². The zero-order valence-electron chi connectivity index (χ0n) is 12.6. The first-order valence-electron chi connectivity index (χ1n) is 6.85. The second-order valence-electron chi connectivity index (χ2n) is 4.74. The maximum Gasteiger partial charge on any atom is 0.265 e. The summed E-state index contributed by atoms with van der Waals surface area (Å²) in [6.45, 7) is 3.85. The predicted molar refractivity (Wildman–Crippen MR) is 90.4 cm³/mol. The number of anilines is 2. The Kier molecular flexibility index (Phi) is 6.66. The Hall–Kier alpha value is -2.27. The van der Waals surface area contributed by atoms with Crippen molar-refractivity contribution in [3.05, 3.63) is 48.2 Å². The minimum absolute atomic E-state index is 0. The average Bonchev–Trinajstić information content (AvgIpc) is 2.48. The van der Waals surface area contributed by atoms with Gasteiger partial charge in [-0.3, -0.25) is 4.79 Å². The molecule has 1 aromatic carbocycles. The van der Waals surface area contributed by atoms with Gasteiger partial charge in [-0.25, -0.2) is 4.98 Å². The van der Waals surface area contributed by atoms with Crippen LogP contribution in [0, 0.1) is 6.92 Å². The molecule has 0 spiro atoms. The van der Waals surface area contributed by atoms with E-state index in [2.05, 4.69) is 10.3 Å². The minimum Gasteiger partial charge on any atom is -0.480 e. The number of hydrogen-bond acceptors (Lipinski definition) is 4. The number of nitrogens with two attached hydrogens (primary N) is 1. The predicted octanol–water partition coefficient (Wildman–Crippen LogP) is 3.19. The molecular formula is C16H20ClN3O2. The van der Waals surface area contributed by atoms with E-state index in [0.29, 0.717) is 17.9 Å². The number of hydrogen-bond donors (Lipinski definition) is 2. The summed E-state index contributed by atoms with van der Waals surface area (Å²) in [6, 6.07) is 11.0. The van der Waals surface area contributed by atoms with Gasteiger partial charge in [0, 0.05) is 0 Å². The number of amides is 1. The molecule has 1 unspecified atom stereocenters. The molecule has 0 bridgehead atoms. The van der Waals surface area contributed by atoms with Gasteiger partial charge in [-0.2, -0.15) is 0 Å². The molecule has 1 aromatic heterocycles. The zero-order valence-corrected chi connectivity index (χ0v) is 13.4. The van der Waals surface area contributed by atoms with Crippen LogP contribution in [0.25, 0.3) is 0 Å². The monoisotopic (exact) mass is 321 g/mol. The fourth-order valence-corrected chi connectivity index (χ4v) is 1.87. The quantitative estimate of drug-likeness (QED) is 0.886. The number of nitrogens with one attached hydrogen (secondary N) is 1. The highest BCUT2D eigenvalue weighted by atomic mass is 35.5. The first-order valence-corrected chi connectivity index (χ1v) is 6.85. The molecule has 2 aromatic rings. The molecule has 3 N–H and O–H groups in total. The van der Waals surface area contributed by atoms with Crippen molar-refractivity contribution in [3.8, 4) is 5.75 Å². The number of aromatic nitrogens is 1. The van der Waals surface area contributed by atoms with E-state index in [1.54, 1.807) is 12.1 Å². The maximum atomic E-state index is 12.2. The van der Waals surface area contributed by atoms with Crippen molar-refractivity contribution < 1.29 is 9.53 Å². The molecule has 6 heteroatoms. The molecule has 1 heterocycles. The molecule has 118 valence electrons. The summed E-state index contributed by atoms with van der Waals surface area (Å²) in [5.41, 5.74) is 7.11. The number of benzene rings is 1. The largest absolute Gasteiger partial charge is 0.480 e. The van der Waals surface area contributed by atoms with Gasteiger partial charge in [0.15, 0.2) is 6.10 Å². The lowest BCUT2D eigenvalue weighted by molar-refractivity contribution is -0.122. The lowest BCUT2D eigenvalue weighted by atomic mass is 10.2. The van der Waals surface area contributed by atoms with Crippen molar-refractivity contribution in [2.45, 2.75) is 26.4 Å². The van der Waals surface area contributed by atoms with Crippen LogP contribution in [0.1, 0.15) is 18.9 Å². The van der Waals surface area contributed by atoms with E-state index in [4.69, 9.17) is 10.5 Å². The van der Waals surface area contributed by atoms with Crippen molar-refractivity contribution in [2.24, 2.45) is 0 Å². The highest BCUT2D eigenvalue weighted by molar-refractivity contribution is 5.94. The van der Waals surface area contributed by atoms with E-state index < -0.39 is 6.10 Å². The fourth-order valence-electron chi connectivity index (χ4n) is 1.87. The molecule has 2 rings (SSSR count). The third kappa shape index (κ3) is 4.63. The number of pyridine rings is 1. The Labute approximate surface area is 136 Å². The highest BCUT2D eigenvalue weighted by Gasteiger charge is 2.19. The summed E-state index contributed by atoms with van der Waals surface area (Å²) in [6.07, 6.45) is 1.54. The zero-order chi connectivity index (χ0) is 15.2. The van der Waals surface area contributed by atoms with Gasteiger partial charge in [-0.15, -0.1) is 12.4 Å². The highest BCUT2D eigenvalue weighted by Crippen LogP contribution is 2.19. The average molecular weight is 322 g/mol. The summed E-state index contributed by atoms with van der Waals surface area (Å²) in [4.78, 5) is 16.2. The summed E-state index contributed by atoms with van der Waals surface area (Å²) in [5, 5.41) is 2.78. The molecule has 0 saturated heterocycles. The van der Waals surface area contributed by atoms with Crippen LogP contribution in [-0.4, -0.2) is 17.0 Å². The Bertz CT molecular complexity index is 617. The summed E-state index contributed by atoms with van der Waals surface area (Å²) in [7, 11) is 0. The van der Waals surface area contributed by atoms with E-state index >= 15 is 0 Å². The topological polar surface area (TPSA) is 77.2 Å².